The molecule has 0 spiro atoms. The maximum absolute atomic E-state index is 11.8. The lowest BCUT2D eigenvalue weighted by Crippen LogP contribution is -2.31. The molecule has 21 heavy (non-hydrogen) atoms. The van der Waals surface area contributed by atoms with Gasteiger partial charge in [-0.05, 0) is 29.5 Å². The van der Waals surface area contributed by atoms with Crippen molar-refractivity contribution < 1.29 is 27.9 Å². The zero-order valence-electron chi connectivity index (χ0n) is 10.7. The number of nitrogens with one attached hydrogen (secondary N) is 2. The molecular weight excluding hydrogens is 309 g/mol. The number of carboxylic acids is 1. The number of amides is 2. The van der Waals surface area contributed by atoms with Crippen molar-refractivity contribution in [3.8, 4) is 0 Å². The van der Waals surface area contributed by atoms with Gasteiger partial charge < -0.3 is 15.7 Å². The number of carbonyl (C=O) groups is 2. The Hall–Kier alpha value is -1.90. The van der Waals surface area contributed by atoms with Gasteiger partial charge in [-0.2, -0.15) is 13.2 Å². The van der Waals surface area contributed by atoms with E-state index in [0.717, 1.165) is 0 Å². The molecule has 9 heteroatoms. The fourth-order valence-electron chi connectivity index (χ4n) is 1.39. The van der Waals surface area contributed by atoms with Gasteiger partial charge in [-0.1, -0.05) is 12.1 Å². The Balaban J connectivity index is 2.32. The standard InChI is InChI=1S/C12H13F3N2O3S/c13-12(14,15)21-6-5-16-11(20)17-9-3-1-8(2-4-9)7-10(18)19/h1-4H,5-7H2,(H,18,19)(H2,16,17,20). The molecule has 3 N–H and O–H groups in total. The fourth-order valence-corrected chi connectivity index (χ4v) is 1.82. The Morgan fingerprint density at radius 1 is 1.19 bits per heavy atom. The van der Waals surface area contributed by atoms with E-state index >= 15 is 0 Å². The smallest absolute Gasteiger partial charge is 0.441 e. The van der Waals surface area contributed by atoms with E-state index < -0.39 is 17.5 Å². The monoisotopic (exact) mass is 322 g/mol. The number of alkyl halides is 3. The summed E-state index contributed by atoms with van der Waals surface area (Å²) < 4.78 is 35.5. The maximum Gasteiger partial charge on any atom is 0.441 e. The molecule has 0 unspecified atom stereocenters. The number of aliphatic carboxylic acids is 1. The van der Waals surface area contributed by atoms with E-state index in [-0.39, 0.29) is 30.5 Å². The van der Waals surface area contributed by atoms with Gasteiger partial charge >= 0.3 is 17.5 Å². The highest BCUT2D eigenvalue weighted by molar-refractivity contribution is 8.00. The van der Waals surface area contributed by atoms with Crippen LogP contribution in [-0.2, 0) is 11.2 Å². The van der Waals surface area contributed by atoms with Crippen molar-refractivity contribution in [2.24, 2.45) is 0 Å². The highest BCUT2D eigenvalue weighted by atomic mass is 32.2. The Morgan fingerprint density at radius 2 is 1.81 bits per heavy atom. The lowest BCUT2D eigenvalue weighted by molar-refractivity contribution is -0.136. The van der Waals surface area contributed by atoms with E-state index in [0.29, 0.717) is 11.3 Å². The Labute approximate surface area is 122 Å². The molecule has 0 saturated carbocycles. The molecule has 0 aromatic heterocycles. The van der Waals surface area contributed by atoms with Crippen LogP contribution in [0.5, 0.6) is 0 Å². The summed E-state index contributed by atoms with van der Waals surface area (Å²) in [6, 6.07) is 5.50. The van der Waals surface area contributed by atoms with E-state index in [2.05, 4.69) is 10.6 Å². The third kappa shape index (κ3) is 8.08. The lowest BCUT2D eigenvalue weighted by atomic mass is 10.1. The molecule has 1 aromatic carbocycles. The van der Waals surface area contributed by atoms with E-state index in [4.69, 9.17) is 5.11 Å². The number of hydrogen-bond acceptors (Lipinski definition) is 3. The second-order valence-electron chi connectivity index (χ2n) is 3.94. The first-order valence-corrected chi connectivity index (χ1v) is 6.81. The van der Waals surface area contributed by atoms with Gasteiger partial charge in [0.05, 0.1) is 6.42 Å². The van der Waals surface area contributed by atoms with Crippen LogP contribution in [0.3, 0.4) is 0 Å². The first-order chi connectivity index (χ1) is 9.76. The van der Waals surface area contributed by atoms with Crippen LogP contribution in [0.4, 0.5) is 23.7 Å². The summed E-state index contributed by atoms with van der Waals surface area (Å²) in [5, 5.41) is 13.3. The summed E-state index contributed by atoms with van der Waals surface area (Å²) in [6.07, 6.45) is -0.124. The molecule has 0 bridgehead atoms. The van der Waals surface area contributed by atoms with Crippen LogP contribution in [-0.4, -0.2) is 34.9 Å². The molecule has 0 saturated heterocycles. The topological polar surface area (TPSA) is 78.4 Å². The van der Waals surface area contributed by atoms with Crippen molar-refractivity contribution in [3.63, 3.8) is 0 Å². The molecule has 116 valence electrons. The zero-order chi connectivity index (χ0) is 15.9. The minimum Gasteiger partial charge on any atom is -0.481 e. The molecule has 0 aliphatic rings. The average Bonchev–Trinajstić information content (AvgIpc) is 2.35. The molecular formula is C12H13F3N2O3S. The number of hydrogen-bond donors (Lipinski definition) is 3. The number of urea groups is 1. The highest BCUT2D eigenvalue weighted by Crippen LogP contribution is 2.29. The number of thioether (sulfide) groups is 1. The number of carboxylic acid groups (broad SMARTS) is 1. The number of halogens is 3. The Bertz CT molecular complexity index is 492. The molecule has 0 heterocycles. The Kier molecular flexibility index (Phi) is 6.35. The van der Waals surface area contributed by atoms with Crippen LogP contribution in [0, 0.1) is 0 Å². The van der Waals surface area contributed by atoms with Gasteiger partial charge in [0, 0.05) is 18.0 Å². The lowest BCUT2D eigenvalue weighted by Gasteiger charge is -2.09. The summed E-state index contributed by atoms with van der Waals surface area (Å²) in [5.74, 6) is -1.23. The summed E-state index contributed by atoms with van der Waals surface area (Å²) in [4.78, 5) is 21.9. The van der Waals surface area contributed by atoms with Crippen molar-refractivity contribution >= 4 is 29.4 Å². The second kappa shape index (κ2) is 7.77. The summed E-state index contributed by atoms with van der Waals surface area (Å²) in [5.41, 5.74) is -3.31. The molecule has 0 aliphatic heterocycles. The minimum atomic E-state index is -4.31. The molecule has 5 nitrogen and oxygen atoms in total. The van der Waals surface area contributed by atoms with Crippen LogP contribution >= 0.6 is 11.8 Å². The van der Waals surface area contributed by atoms with Crippen LogP contribution in [0.15, 0.2) is 24.3 Å². The number of rotatable bonds is 6. The van der Waals surface area contributed by atoms with Gasteiger partial charge in [0.15, 0.2) is 0 Å². The third-order valence-corrected chi connectivity index (χ3v) is 2.96. The minimum absolute atomic E-state index is 0.118. The molecule has 1 aromatic rings. The molecule has 0 fully saturated rings. The average molecular weight is 322 g/mol. The predicted molar refractivity (Wildman–Crippen MR) is 73.3 cm³/mol. The van der Waals surface area contributed by atoms with Gasteiger partial charge in [-0.15, -0.1) is 0 Å². The quantitative estimate of drug-likeness (QED) is 0.704. The van der Waals surface area contributed by atoms with Gasteiger partial charge in [-0.3, -0.25) is 4.79 Å². The van der Waals surface area contributed by atoms with E-state index in [1.54, 1.807) is 12.1 Å². The van der Waals surface area contributed by atoms with E-state index in [1.165, 1.54) is 12.1 Å². The molecule has 0 radical (unpaired) electrons. The summed E-state index contributed by atoms with van der Waals surface area (Å²) >= 11 is -0.209. The van der Waals surface area contributed by atoms with Gasteiger partial charge in [-0.25, -0.2) is 4.79 Å². The van der Waals surface area contributed by atoms with Crippen molar-refractivity contribution in [2.45, 2.75) is 11.9 Å². The van der Waals surface area contributed by atoms with Crippen LogP contribution in [0.25, 0.3) is 0 Å². The normalized spacial score (nSPS) is 11.0. The van der Waals surface area contributed by atoms with Gasteiger partial charge in [0.1, 0.15) is 0 Å². The van der Waals surface area contributed by atoms with Gasteiger partial charge in [0.2, 0.25) is 0 Å². The van der Waals surface area contributed by atoms with Crippen LogP contribution < -0.4 is 10.6 Å². The summed E-state index contributed by atoms with van der Waals surface area (Å²) in [6.45, 7) is -0.118. The van der Waals surface area contributed by atoms with E-state index in [9.17, 15) is 22.8 Å². The number of anilines is 1. The molecule has 0 atom stereocenters. The molecule has 1 rings (SSSR count). The van der Waals surface area contributed by atoms with Crippen molar-refractivity contribution in [3.05, 3.63) is 29.8 Å². The first kappa shape index (κ1) is 17.2. The Morgan fingerprint density at radius 3 is 2.33 bits per heavy atom. The SMILES string of the molecule is O=C(O)Cc1ccc(NC(=O)NCCSC(F)(F)F)cc1. The van der Waals surface area contributed by atoms with Crippen molar-refractivity contribution in [1.82, 2.24) is 5.32 Å². The van der Waals surface area contributed by atoms with Crippen molar-refractivity contribution in [2.75, 3.05) is 17.6 Å². The van der Waals surface area contributed by atoms with Crippen LogP contribution in [0.1, 0.15) is 5.56 Å². The number of carbonyl (C=O) groups excluding carboxylic acids is 1. The predicted octanol–water partition coefficient (Wildman–Crippen LogP) is 2.69. The second-order valence-corrected chi connectivity index (χ2v) is 5.10. The maximum atomic E-state index is 11.8. The van der Waals surface area contributed by atoms with Crippen molar-refractivity contribution in [1.29, 1.82) is 0 Å². The highest BCUT2D eigenvalue weighted by Gasteiger charge is 2.27. The fraction of sp³-hybridized carbons (Fsp3) is 0.333. The number of benzene rings is 1. The van der Waals surface area contributed by atoms with E-state index in [1.807, 2.05) is 0 Å². The van der Waals surface area contributed by atoms with Gasteiger partial charge in [0.25, 0.3) is 0 Å². The summed E-state index contributed by atoms with van der Waals surface area (Å²) in [7, 11) is 0. The molecule has 2 amide bonds. The molecule has 0 aliphatic carbocycles. The largest absolute Gasteiger partial charge is 0.481 e. The third-order valence-electron chi connectivity index (χ3n) is 2.22. The zero-order valence-corrected chi connectivity index (χ0v) is 11.6. The first-order valence-electron chi connectivity index (χ1n) is 5.82. The van der Waals surface area contributed by atoms with Crippen LogP contribution in [0.2, 0.25) is 0 Å².